The van der Waals surface area contributed by atoms with Gasteiger partial charge in [-0.15, -0.1) is 0 Å². The first-order valence-electron chi connectivity index (χ1n) is 6.91. The molecule has 0 radical (unpaired) electrons. The first kappa shape index (κ1) is 15.7. The van der Waals surface area contributed by atoms with Gasteiger partial charge in [-0.05, 0) is 37.8 Å². The molecule has 0 aliphatic carbocycles. The highest BCUT2D eigenvalue weighted by Crippen LogP contribution is 2.08. The van der Waals surface area contributed by atoms with Crippen molar-refractivity contribution in [3.05, 3.63) is 35.4 Å². The third-order valence-corrected chi connectivity index (χ3v) is 3.24. The summed E-state index contributed by atoms with van der Waals surface area (Å²) < 4.78 is 4.76. The van der Waals surface area contributed by atoms with Crippen LogP contribution in [0.5, 0.6) is 0 Å². The molecule has 0 fully saturated rings. The van der Waals surface area contributed by atoms with Crippen LogP contribution in [0.4, 0.5) is 0 Å². The Hall–Kier alpha value is -1.35. The molecule has 3 heteroatoms. The summed E-state index contributed by atoms with van der Waals surface area (Å²) in [5.74, 6) is -0.231. The SMILES string of the molecule is CCCc1ccc(CCNC(C)(C)C(=O)OC)cc1. The van der Waals surface area contributed by atoms with Crippen molar-refractivity contribution in [2.24, 2.45) is 0 Å². The number of carbonyl (C=O) groups is 1. The van der Waals surface area contributed by atoms with E-state index in [0.717, 1.165) is 19.4 Å². The molecule has 0 aliphatic rings. The minimum atomic E-state index is -0.628. The highest BCUT2D eigenvalue weighted by Gasteiger charge is 2.27. The predicted molar refractivity (Wildman–Crippen MR) is 78.2 cm³/mol. The van der Waals surface area contributed by atoms with Gasteiger partial charge in [-0.3, -0.25) is 4.79 Å². The third kappa shape index (κ3) is 5.03. The zero-order chi connectivity index (χ0) is 14.3. The topological polar surface area (TPSA) is 38.3 Å². The first-order valence-corrected chi connectivity index (χ1v) is 6.91. The molecule has 0 saturated heterocycles. The molecule has 0 aliphatic heterocycles. The van der Waals surface area contributed by atoms with E-state index in [1.165, 1.54) is 24.7 Å². The predicted octanol–water partition coefficient (Wildman–Crippen LogP) is 2.72. The molecule has 3 nitrogen and oxygen atoms in total. The lowest BCUT2D eigenvalue weighted by Gasteiger charge is -2.23. The molecule has 1 aromatic rings. The van der Waals surface area contributed by atoms with Crippen LogP contribution < -0.4 is 5.32 Å². The molecule has 1 N–H and O–H groups in total. The number of carbonyl (C=O) groups excluding carboxylic acids is 1. The maximum Gasteiger partial charge on any atom is 0.325 e. The summed E-state index contributed by atoms with van der Waals surface area (Å²) in [6.45, 7) is 6.62. The van der Waals surface area contributed by atoms with Crippen molar-refractivity contribution >= 4 is 5.97 Å². The molecular weight excluding hydrogens is 238 g/mol. The standard InChI is InChI=1S/C16H25NO2/c1-5-6-13-7-9-14(10-8-13)11-12-17-16(2,3)15(18)19-4/h7-10,17H,5-6,11-12H2,1-4H3. The summed E-state index contributed by atoms with van der Waals surface area (Å²) >= 11 is 0. The number of hydrogen-bond acceptors (Lipinski definition) is 3. The Bertz CT molecular complexity index is 396. The van der Waals surface area contributed by atoms with Crippen molar-refractivity contribution in [3.8, 4) is 0 Å². The second kappa shape index (κ2) is 7.29. The number of benzene rings is 1. The Kier molecular flexibility index (Phi) is 6.03. The summed E-state index contributed by atoms with van der Waals surface area (Å²) in [7, 11) is 1.41. The van der Waals surface area contributed by atoms with E-state index >= 15 is 0 Å². The Morgan fingerprint density at radius 1 is 1.16 bits per heavy atom. The van der Waals surface area contributed by atoms with Gasteiger partial charge in [0.15, 0.2) is 0 Å². The van der Waals surface area contributed by atoms with Crippen molar-refractivity contribution < 1.29 is 9.53 Å². The molecule has 0 atom stereocenters. The van der Waals surface area contributed by atoms with Gasteiger partial charge in [0, 0.05) is 6.54 Å². The highest BCUT2D eigenvalue weighted by molar-refractivity contribution is 5.79. The fourth-order valence-corrected chi connectivity index (χ4v) is 2.01. The van der Waals surface area contributed by atoms with Crippen molar-refractivity contribution in [1.82, 2.24) is 5.32 Å². The van der Waals surface area contributed by atoms with Gasteiger partial charge >= 0.3 is 5.97 Å². The maximum absolute atomic E-state index is 11.5. The van der Waals surface area contributed by atoms with Crippen LogP contribution >= 0.6 is 0 Å². The van der Waals surface area contributed by atoms with Crippen LogP contribution in [0.1, 0.15) is 38.3 Å². The van der Waals surface area contributed by atoms with Crippen LogP contribution in [0.3, 0.4) is 0 Å². The molecule has 0 spiro atoms. The average molecular weight is 263 g/mol. The number of esters is 1. The van der Waals surface area contributed by atoms with Crippen molar-refractivity contribution in [2.45, 2.75) is 45.6 Å². The number of hydrogen-bond donors (Lipinski definition) is 1. The zero-order valence-electron chi connectivity index (χ0n) is 12.5. The number of methoxy groups -OCH3 is 1. The van der Waals surface area contributed by atoms with E-state index in [9.17, 15) is 4.79 Å². The van der Waals surface area contributed by atoms with E-state index in [1.54, 1.807) is 0 Å². The Morgan fingerprint density at radius 2 is 1.68 bits per heavy atom. The van der Waals surface area contributed by atoms with Crippen LogP contribution in [0, 0.1) is 0 Å². The van der Waals surface area contributed by atoms with Gasteiger partial charge in [0.1, 0.15) is 5.54 Å². The van der Waals surface area contributed by atoms with Crippen LogP contribution in [0.15, 0.2) is 24.3 Å². The fraction of sp³-hybridized carbons (Fsp3) is 0.562. The van der Waals surface area contributed by atoms with E-state index in [4.69, 9.17) is 4.74 Å². The fourth-order valence-electron chi connectivity index (χ4n) is 2.01. The molecular formula is C16H25NO2. The summed E-state index contributed by atoms with van der Waals surface area (Å²) in [5, 5.41) is 3.22. The van der Waals surface area contributed by atoms with Gasteiger partial charge in [0.2, 0.25) is 0 Å². The summed E-state index contributed by atoms with van der Waals surface area (Å²) in [6, 6.07) is 8.70. The lowest BCUT2D eigenvalue weighted by atomic mass is 10.0. The van der Waals surface area contributed by atoms with E-state index in [2.05, 4.69) is 36.5 Å². The zero-order valence-corrected chi connectivity index (χ0v) is 12.5. The maximum atomic E-state index is 11.5. The van der Waals surface area contributed by atoms with Crippen LogP contribution in [-0.4, -0.2) is 25.2 Å². The Balaban J connectivity index is 2.42. The Morgan fingerprint density at radius 3 is 2.16 bits per heavy atom. The number of ether oxygens (including phenoxy) is 1. The van der Waals surface area contributed by atoms with Gasteiger partial charge in [-0.1, -0.05) is 37.6 Å². The van der Waals surface area contributed by atoms with Crippen LogP contribution in [0.2, 0.25) is 0 Å². The van der Waals surface area contributed by atoms with Gasteiger partial charge in [-0.25, -0.2) is 0 Å². The van der Waals surface area contributed by atoms with Gasteiger partial charge in [0.25, 0.3) is 0 Å². The second-order valence-corrected chi connectivity index (χ2v) is 5.36. The Labute approximate surface area is 116 Å². The van der Waals surface area contributed by atoms with E-state index in [-0.39, 0.29) is 5.97 Å². The first-order chi connectivity index (χ1) is 8.99. The second-order valence-electron chi connectivity index (χ2n) is 5.36. The van der Waals surface area contributed by atoms with Crippen molar-refractivity contribution in [2.75, 3.05) is 13.7 Å². The quantitative estimate of drug-likeness (QED) is 0.769. The van der Waals surface area contributed by atoms with Crippen molar-refractivity contribution in [1.29, 1.82) is 0 Å². The average Bonchev–Trinajstić information content (AvgIpc) is 2.40. The van der Waals surface area contributed by atoms with Crippen LogP contribution in [0.25, 0.3) is 0 Å². The third-order valence-electron chi connectivity index (χ3n) is 3.24. The van der Waals surface area contributed by atoms with E-state index in [1.807, 2.05) is 13.8 Å². The summed E-state index contributed by atoms with van der Waals surface area (Å²) in [6.07, 6.45) is 3.22. The molecule has 106 valence electrons. The van der Waals surface area contributed by atoms with Gasteiger partial charge in [0.05, 0.1) is 7.11 Å². The molecule has 0 bridgehead atoms. The molecule has 0 amide bonds. The highest BCUT2D eigenvalue weighted by atomic mass is 16.5. The summed E-state index contributed by atoms with van der Waals surface area (Å²) in [4.78, 5) is 11.5. The minimum Gasteiger partial charge on any atom is -0.468 e. The molecule has 0 saturated carbocycles. The minimum absolute atomic E-state index is 0.231. The lowest BCUT2D eigenvalue weighted by molar-refractivity contribution is -0.147. The molecule has 0 unspecified atom stereocenters. The monoisotopic (exact) mass is 263 g/mol. The number of nitrogens with one attached hydrogen (secondary N) is 1. The van der Waals surface area contributed by atoms with Crippen LogP contribution in [-0.2, 0) is 22.4 Å². The smallest absolute Gasteiger partial charge is 0.325 e. The molecule has 19 heavy (non-hydrogen) atoms. The normalized spacial score (nSPS) is 11.4. The number of aryl methyl sites for hydroxylation is 1. The molecule has 0 aromatic heterocycles. The van der Waals surface area contributed by atoms with Crippen molar-refractivity contribution in [3.63, 3.8) is 0 Å². The van der Waals surface area contributed by atoms with Gasteiger partial charge in [-0.2, -0.15) is 0 Å². The molecule has 1 rings (SSSR count). The summed E-state index contributed by atoms with van der Waals surface area (Å²) in [5.41, 5.74) is 2.04. The lowest BCUT2D eigenvalue weighted by Crippen LogP contribution is -2.48. The van der Waals surface area contributed by atoms with Gasteiger partial charge < -0.3 is 10.1 Å². The van der Waals surface area contributed by atoms with E-state index < -0.39 is 5.54 Å². The molecule has 1 aromatic carbocycles. The number of rotatable bonds is 7. The largest absolute Gasteiger partial charge is 0.468 e. The molecule has 0 heterocycles. The van der Waals surface area contributed by atoms with E-state index in [0.29, 0.717) is 0 Å².